The van der Waals surface area contributed by atoms with Crippen LogP contribution in [0.4, 0.5) is 0 Å². The van der Waals surface area contributed by atoms with Crippen molar-refractivity contribution in [3.63, 3.8) is 0 Å². The molecule has 3 heteroatoms. The summed E-state index contributed by atoms with van der Waals surface area (Å²) in [7, 11) is 0. The van der Waals surface area contributed by atoms with E-state index < -0.39 is 0 Å². The van der Waals surface area contributed by atoms with Gasteiger partial charge in [0, 0.05) is 5.56 Å². The third-order valence-electron chi connectivity index (χ3n) is 3.19. The van der Waals surface area contributed by atoms with Crippen molar-refractivity contribution < 1.29 is 4.74 Å². The standard InChI is InChI=1S/C17H20N2O/c1-12(2)14-6-8-16(9-7-14)20-11-13-4-3-5-15(10-13)17(18)19/h3-10,12H,11H2,1-2H3,(H3,18,19). The predicted octanol–water partition coefficient (Wildman–Crippen LogP) is 3.67. The van der Waals surface area contributed by atoms with Crippen LogP contribution >= 0.6 is 0 Å². The van der Waals surface area contributed by atoms with Gasteiger partial charge in [-0.15, -0.1) is 0 Å². The molecule has 0 unspecified atom stereocenters. The number of amidine groups is 1. The van der Waals surface area contributed by atoms with Crippen molar-refractivity contribution in [2.24, 2.45) is 5.73 Å². The summed E-state index contributed by atoms with van der Waals surface area (Å²) >= 11 is 0. The number of rotatable bonds is 5. The van der Waals surface area contributed by atoms with Gasteiger partial charge in [-0.25, -0.2) is 0 Å². The molecule has 2 rings (SSSR count). The normalized spacial score (nSPS) is 10.6. The minimum Gasteiger partial charge on any atom is -0.489 e. The number of nitrogen functional groups attached to an aromatic ring is 1. The summed E-state index contributed by atoms with van der Waals surface area (Å²) in [6, 6.07) is 15.7. The van der Waals surface area contributed by atoms with Gasteiger partial charge in [-0.1, -0.05) is 44.2 Å². The van der Waals surface area contributed by atoms with Gasteiger partial charge in [0.1, 0.15) is 18.2 Å². The highest BCUT2D eigenvalue weighted by atomic mass is 16.5. The monoisotopic (exact) mass is 268 g/mol. The molecule has 3 nitrogen and oxygen atoms in total. The van der Waals surface area contributed by atoms with Crippen LogP contribution in [-0.2, 0) is 6.61 Å². The van der Waals surface area contributed by atoms with Gasteiger partial charge in [0.05, 0.1) is 0 Å². The lowest BCUT2D eigenvalue weighted by atomic mass is 10.0. The van der Waals surface area contributed by atoms with Gasteiger partial charge < -0.3 is 10.5 Å². The summed E-state index contributed by atoms with van der Waals surface area (Å²) in [5.41, 5.74) is 8.51. The number of hydrogen-bond acceptors (Lipinski definition) is 2. The maximum absolute atomic E-state index is 7.43. The number of benzene rings is 2. The molecule has 2 aromatic rings. The van der Waals surface area contributed by atoms with E-state index in [0.717, 1.165) is 16.9 Å². The third kappa shape index (κ3) is 3.60. The molecule has 0 bridgehead atoms. The lowest BCUT2D eigenvalue weighted by molar-refractivity contribution is 0.306. The van der Waals surface area contributed by atoms with Crippen LogP contribution in [0.15, 0.2) is 48.5 Å². The van der Waals surface area contributed by atoms with Gasteiger partial charge in [-0.2, -0.15) is 0 Å². The number of nitrogens with two attached hydrogens (primary N) is 1. The van der Waals surface area contributed by atoms with Crippen molar-refractivity contribution in [3.8, 4) is 5.75 Å². The lowest BCUT2D eigenvalue weighted by Gasteiger charge is -2.09. The van der Waals surface area contributed by atoms with Gasteiger partial charge in [0.2, 0.25) is 0 Å². The zero-order valence-corrected chi connectivity index (χ0v) is 11.9. The van der Waals surface area contributed by atoms with Crippen LogP contribution in [0.5, 0.6) is 5.75 Å². The Morgan fingerprint density at radius 1 is 1.15 bits per heavy atom. The predicted molar refractivity (Wildman–Crippen MR) is 82.3 cm³/mol. The molecule has 0 aliphatic carbocycles. The SMILES string of the molecule is CC(C)c1ccc(OCc2cccc(C(=N)N)c2)cc1. The number of nitrogens with one attached hydrogen (secondary N) is 1. The van der Waals surface area contributed by atoms with Crippen molar-refractivity contribution in [1.82, 2.24) is 0 Å². The smallest absolute Gasteiger partial charge is 0.122 e. The summed E-state index contributed by atoms with van der Waals surface area (Å²) in [6.07, 6.45) is 0. The third-order valence-corrected chi connectivity index (χ3v) is 3.19. The van der Waals surface area contributed by atoms with E-state index in [4.69, 9.17) is 15.9 Å². The molecule has 0 amide bonds. The molecule has 0 aliphatic heterocycles. The summed E-state index contributed by atoms with van der Waals surface area (Å²) in [4.78, 5) is 0. The van der Waals surface area contributed by atoms with Crippen LogP contribution in [0.25, 0.3) is 0 Å². The minimum atomic E-state index is 0.0770. The van der Waals surface area contributed by atoms with Crippen LogP contribution in [0.2, 0.25) is 0 Å². The van der Waals surface area contributed by atoms with Gasteiger partial charge in [-0.05, 0) is 35.2 Å². The average molecular weight is 268 g/mol. The second-order valence-electron chi connectivity index (χ2n) is 5.13. The van der Waals surface area contributed by atoms with E-state index in [1.165, 1.54) is 5.56 Å². The molecule has 0 saturated heterocycles. The van der Waals surface area contributed by atoms with Crippen molar-refractivity contribution in [1.29, 1.82) is 5.41 Å². The second-order valence-corrected chi connectivity index (χ2v) is 5.13. The van der Waals surface area contributed by atoms with Gasteiger partial charge >= 0.3 is 0 Å². The first kappa shape index (κ1) is 14.1. The summed E-state index contributed by atoms with van der Waals surface area (Å²) in [5, 5.41) is 7.43. The van der Waals surface area contributed by atoms with E-state index in [2.05, 4.69) is 26.0 Å². The van der Waals surface area contributed by atoms with Crippen molar-refractivity contribution >= 4 is 5.84 Å². The lowest BCUT2D eigenvalue weighted by Crippen LogP contribution is -2.11. The first-order chi connectivity index (χ1) is 9.56. The summed E-state index contributed by atoms with van der Waals surface area (Å²) in [5.74, 6) is 1.45. The van der Waals surface area contributed by atoms with E-state index in [0.29, 0.717) is 12.5 Å². The fraction of sp³-hybridized carbons (Fsp3) is 0.235. The Morgan fingerprint density at radius 3 is 2.45 bits per heavy atom. The number of ether oxygens (including phenoxy) is 1. The molecule has 0 atom stereocenters. The fourth-order valence-corrected chi connectivity index (χ4v) is 1.94. The summed E-state index contributed by atoms with van der Waals surface area (Å²) < 4.78 is 5.75. The van der Waals surface area contributed by atoms with Crippen molar-refractivity contribution in [3.05, 3.63) is 65.2 Å². The van der Waals surface area contributed by atoms with Gasteiger partial charge in [0.25, 0.3) is 0 Å². The Kier molecular flexibility index (Phi) is 4.41. The van der Waals surface area contributed by atoms with E-state index in [1.807, 2.05) is 36.4 Å². The Morgan fingerprint density at radius 2 is 1.85 bits per heavy atom. The fourth-order valence-electron chi connectivity index (χ4n) is 1.94. The molecule has 0 saturated carbocycles. The first-order valence-corrected chi connectivity index (χ1v) is 6.72. The molecule has 2 aromatic carbocycles. The van der Waals surface area contributed by atoms with E-state index in [-0.39, 0.29) is 5.84 Å². The molecule has 0 fully saturated rings. The van der Waals surface area contributed by atoms with Gasteiger partial charge in [-0.3, -0.25) is 5.41 Å². The average Bonchev–Trinajstić information content (AvgIpc) is 2.46. The Labute approximate surface area is 119 Å². The summed E-state index contributed by atoms with van der Waals surface area (Å²) in [6.45, 7) is 4.81. The molecule has 0 aromatic heterocycles. The maximum atomic E-state index is 7.43. The molecule has 3 N–H and O–H groups in total. The highest BCUT2D eigenvalue weighted by molar-refractivity contribution is 5.95. The number of hydrogen-bond donors (Lipinski definition) is 2. The van der Waals surface area contributed by atoms with Crippen molar-refractivity contribution in [2.75, 3.05) is 0 Å². The topological polar surface area (TPSA) is 59.1 Å². The molecular weight excluding hydrogens is 248 g/mol. The van der Waals surface area contributed by atoms with Gasteiger partial charge in [0.15, 0.2) is 0 Å². The molecule has 104 valence electrons. The molecule has 0 spiro atoms. The first-order valence-electron chi connectivity index (χ1n) is 6.72. The maximum Gasteiger partial charge on any atom is 0.122 e. The Balaban J connectivity index is 2.01. The highest BCUT2D eigenvalue weighted by Gasteiger charge is 2.02. The zero-order chi connectivity index (χ0) is 14.5. The van der Waals surface area contributed by atoms with Crippen molar-refractivity contribution in [2.45, 2.75) is 26.4 Å². The molecule has 0 aliphatic rings. The van der Waals surface area contributed by atoms with Crippen LogP contribution in [0.1, 0.15) is 36.5 Å². The molecule has 20 heavy (non-hydrogen) atoms. The highest BCUT2D eigenvalue weighted by Crippen LogP contribution is 2.19. The van der Waals surface area contributed by atoms with Crippen LogP contribution in [0, 0.1) is 5.41 Å². The second kappa shape index (κ2) is 6.24. The van der Waals surface area contributed by atoms with E-state index in [1.54, 1.807) is 0 Å². The minimum absolute atomic E-state index is 0.0770. The quantitative estimate of drug-likeness (QED) is 0.642. The molecular formula is C17H20N2O. The Bertz CT molecular complexity index is 588. The van der Waals surface area contributed by atoms with Crippen LogP contribution in [-0.4, -0.2) is 5.84 Å². The van der Waals surface area contributed by atoms with Crippen LogP contribution in [0.3, 0.4) is 0 Å². The van der Waals surface area contributed by atoms with Crippen LogP contribution < -0.4 is 10.5 Å². The zero-order valence-electron chi connectivity index (χ0n) is 11.9. The Hall–Kier alpha value is -2.29. The molecule has 0 radical (unpaired) electrons. The molecule has 0 heterocycles. The largest absolute Gasteiger partial charge is 0.489 e. The van der Waals surface area contributed by atoms with E-state index >= 15 is 0 Å². The van der Waals surface area contributed by atoms with E-state index in [9.17, 15) is 0 Å².